The number of rotatable bonds is 62. The molecular formula is C62H120O17P2. The molecule has 480 valence electrons. The summed E-state index contributed by atoms with van der Waals surface area (Å²) in [6.45, 7) is 7.01. The minimum atomic E-state index is -4.94. The van der Waals surface area contributed by atoms with Crippen LogP contribution in [0.5, 0.6) is 0 Å². The highest BCUT2D eigenvalue weighted by molar-refractivity contribution is 7.47. The molecule has 0 radical (unpaired) electrons. The van der Waals surface area contributed by atoms with Gasteiger partial charge in [0.25, 0.3) is 0 Å². The fraction of sp³-hybridized carbons (Fsp3) is 0.935. The Balaban J connectivity index is 5.09. The summed E-state index contributed by atoms with van der Waals surface area (Å²) in [5.41, 5.74) is 0. The van der Waals surface area contributed by atoms with Crippen molar-refractivity contribution in [3.8, 4) is 0 Å². The van der Waals surface area contributed by atoms with Crippen molar-refractivity contribution in [2.45, 2.75) is 329 Å². The molecule has 3 unspecified atom stereocenters. The van der Waals surface area contributed by atoms with Gasteiger partial charge in [-0.3, -0.25) is 37.3 Å². The average molecular weight is 1200 g/mol. The summed E-state index contributed by atoms with van der Waals surface area (Å²) < 4.78 is 67.6. The standard InChI is InChI=1S/C62H120O17P2/c1-6-10-13-16-18-19-20-21-22-23-24-25-26-27-28-29-31-38-43-48-62(67)79-58(52-73-60(65)46-41-36-33-32-35-39-44-55(5)9-4)54-77-81(70,71)75-50-56(63)49-74-80(68,69)76-53-57(51-72-59(64)45-40-34-15-12-8-3)78-61(66)47-42-37-30-17-14-11-7-2/h55-58,63H,6-54H2,1-5H3,(H,68,69)(H,70,71)/t55?,56-,57+,58+/m0/s1. The van der Waals surface area contributed by atoms with Crippen LogP contribution < -0.4 is 0 Å². The number of carbonyl (C=O) groups excluding carboxylic acids is 4. The number of phosphoric ester groups is 2. The van der Waals surface area contributed by atoms with E-state index in [1.54, 1.807) is 0 Å². The Morgan fingerprint density at radius 3 is 0.877 bits per heavy atom. The molecule has 0 aromatic carbocycles. The number of esters is 4. The minimum absolute atomic E-state index is 0.103. The molecule has 17 nitrogen and oxygen atoms in total. The minimum Gasteiger partial charge on any atom is -0.462 e. The predicted molar refractivity (Wildman–Crippen MR) is 322 cm³/mol. The van der Waals surface area contributed by atoms with Gasteiger partial charge in [-0.05, 0) is 31.6 Å². The van der Waals surface area contributed by atoms with Crippen molar-refractivity contribution >= 4 is 39.5 Å². The number of phosphoric acid groups is 2. The Hall–Kier alpha value is -1.94. The summed E-state index contributed by atoms with van der Waals surface area (Å²) in [7, 11) is -9.87. The van der Waals surface area contributed by atoms with Crippen LogP contribution in [-0.4, -0.2) is 96.7 Å². The van der Waals surface area contributed by atoms with Gasteiger partial charge in [0.15, 0.2) is 12.2 Å². The molecule has 0 saturated carbocycles. The third-order valence-corrected chi connectivity index (χ3v) is 16.5. The number of unbranched alkanes of at least 4 members (excludes halogenated alkanes) is 33. The lowest BCUT2D eigenvalue weighted by molar-refractivity contribution is -0.161. The third-order valence-electron chi connectivity index (χ3n) is 14.6. The highest BCUT2D eigenvalue weighted by Crippen LogP contribution is 2.45. The fourth-order valence-electron chi connectivity index (χ4n) is 9.20. The van der Waals surface area contributed by atoms with Crippen molar-refractivity contribution in [3.63, 3.8) is 0 Å². The first-order valence-corrected chi connectivity index (χ1v) is 35.7. The van der Waals surface area contributed by atoms with E-state index in [-0.39, 0.29) is 25.7 Å². The Morgan fingerprint density at radius 2 is 0.593 bits per heavy atom. The van der Waals surface area contributed by atoms with Crippen LogP contribution in [0.2, 0.25) is 0 Å². The zero-order valence-corrected chi connectivity index (χ0v) is 53.7. The summed E-state index contributed by atoms with van der Waals surface area (Å²) in [6, 6.07) is 0. The van der Waals surface area contributed by atoms with Gasteiger partial charge in [0.1, 0.15) is 19.3 Å². The quantitative estimate of drug-likeness (QED) is 0.0222. The summed E-state index contributed by atoms with van der Waals surface area (Å²) in [4.78, 5) is 71.7. The van der Waals surface area contributed by atoms with Gasteiger partial charge in [0.2, 0.25) is 0 Å². The molecule has 0 aromatic heterocycles. The lowest BCUT2D eigenvalue weighted by Gasteiger charge is -2.21. The lowest BCUT2D eigenvalue weighted by Crippen LogP contribution is -2.30. The maximum atomic E-state index is 13.0. The maximum Gasteiger partial charge on any atom is 0.472 e. The Bertz CT molecular complexity index is 1590. The number of ether oxygens (including phenoxy) is 4. The zero-order valence-electron chi connectivity index (χ0n) is 51.9. The normalized spacial score (nSPS) is 14.6. The van der Waals surface area contributed by atoms with E-state index in [2.05, 4.69) is 34.6 Å². The van der Waals surface area contributed by atoms with Crippen molar-refractivity contribution in [3.05, 3.63) is 0 Å². The van der Waals surface area contributed by atoms with Gasteiger partial charge in [-0.1, -0.05) is 259 Å². The largest absolute Gasteiger partial charge is 0.472 e. The zero-order chi connectivity index (χ0) is 59.9. The van der Waals surface area contributed by atoms with Gasteiger partial charge in [-0.15, -0.1) is 0 Å². The molecule has 6 atom stereocenters. The first-order valence-electron chi connectivity index (χ1n) is 32.7. The van der Waals surface area contributed by atoms with E-state index in [1.165, 1.54) is 109 Å². The molecule has 0 rings (SSSR count). The molecule has 0 aliphatic carbocycles. The second-order valence-electron chi connectivity index (χ2n) is 22.7. The van der Waals surface area contributed by atoms with Gasteiger partial charge in [-0.2, -0.15) is 0 Å². The van der Waals surface area contributed by atoms with Crippen LogP contribution in [0, 0.1) is 5.92 Å². The molecular weight excluding hydrogens is 1080 g/mol. The summed E-state index contributed by atoms with van der Waals surface area (Å²) >= 11 is 0. The number of aliphatic hydroxyl groups is 1. The first kappa shape index (κ1) is 79.1. The SMILES string of the molecule is CCCCCCCCCCCCCCCCCCCCCC(=O)O[C@H](COC(=O)CCCCCCCCC(C)CC)COP(=O)(O)OC[C@@H](O)COP(=O)(O)OC[C@@H](COC(=O)CCCCCCC)OC(=O)CCCCCCCCC. The van der Waals surface area contributed by atoms with E-state index in [1.807, 2.05) is 0 Å². The maximum absolute atomic E-state index is 13.0. The van der Waals surface area contributed by atoms with Crippen molar-refractivity contribution in [1.82, 2.24) is 0 Å². The fourth-order valence-corrected chi connectivity index (χ4v) is 10.8. The summed E-state index contributed by atoms with van der Waals surface area (Å²) in [5, 5.41) is 10.5. The van der Waals surface area contributed by atoms with E-state index in [9.17, 15) is 43.2 Å². The first-order chi connectivity index (χ1) is 39.1. The molecule has 81 heavy (non-hydrogen) atoms. The Labute approximate surface area is 492 Å². The van der Waals surface area contributed by atoms with Crippen molar-refractivity contribution in [2.24, 2.45) is 5.92 Å². The van der Waals surface area contributed by atoms with Crippen LogP contribution >= 0.6 is 15.6 Å². The van der Waals surface area contributed by atoms with E-state index < -0.39 is 97.5 Å². The molecule has 0 saturated heterocycles. The van der Waals surface area contributed by atoms with Gasteiger partial charge < -0.3 is 33.8 Å². The van der Waals surface area contributed by atoms with E-state index in [4.69, 9.17) is 37.0 Å². The highest BCUT2D eigenvalue weighted by Gasteiger charge is 2.30. The Morgan fingerprint density at radius 1 is 0.346 bits per heavy atom. The number of carbonyl (C=O) groups is 4. The topological polar surface area (TPSA) is 237 Å². The molecule has 0 aliphatic heterocycles. The van der Waals surface area contributed by atoms with Gasteiger partial charge >= 0.3 is 39.5 Å². The van der Waals surface area contributed by atoms with Crippen LogP contribution in [0.3, 0.4) is 0 Å². The predicted octanol–water partition coefficient (Wildman–Crippen LogP) is 17.0. The van der Waals surface area contributed by atoms with Gasteiger partial charge in [0.05, 0.1) is 26.4 Å². The molecule has 19 heteroatoms. The smallest absolute Gasteiger partial charge is 0.462 e. The second-order valence-corrected chi connectivity index (χ2v) is 25.6. The molecule has 0 heterocycles. The van der Waals surface area contributed by atoms with E-state index >= 15 is 0 Å². The third kappa shape index (κ3) is 55.7. The summed E-state index contributed by atoms with van der Waals surface area (Å²) in [5.74, 6) is -1.42. The van der Waals surface area contributed by atoms with Gasteiger partial charge in [0, 0.05) is 25.7 Å². The van der Waals surface area contributed by atoms with Crippen LogP contribution in [0.25, 0.3) is 0 Å². The molecule has 0 amide bonds. The van der Waals surface area contributed by atoms with Crippen LogP contribution in [-0.2, 0) is 65.4 Å². The number of aliphatic hydroxyl groups excluding tert-OH is 1. The van der Waals surface area contributed by atoms with Crippen LogP contribution in [0.4, 0.5) is 0 Å². The molecule has 3 N–H and O–H groups in total. The average Bonchev–Trinajstić information content (AvgIpc) is 3.44. The Kier molecular flexibility index (Phi) is 54.6. The van der Waals surface area contributed by atoms with Crippen molar-refractivity contribution in [1.29, 1.82) is 0 Å². The van der Waals surface area contributed by atoms with Crippen LogP contribution in [0.15, 0.2) is 0 Å². The summed E-state index contributed by atoms with van der Waals surface area (Å²) in [6.07, 6.45) is 39.6. The lowest BCUT2D eigenvalue weighted by atomic mass is 10.00. The molecule has 0 fully saturated rings. The monoisotopic (exact) mass is 1200 g/mol. The van der Waals surface area contributed by atoms with Crippen molar-refractivity contribution < 1.29 is 80.2 Å². The molecule has 0 aromatic rings. The van der Waals surface area contributed by atoms with E-state index in [0.29, 0.717) is 25.7 Å². The molecule has 0 spiro atoms. The molecule has 0 aliphatic rings. The second kappa shape index (κ2) is 55.9. The molecule has 0 bridgehead atoms. The van der Waals surface area contributed by atoms with Crippen molar-refractivity contribution in [2.75, 3.05) is 39.6 Å². The van der Waals surface area contributed by atoms with Gasteiger partial charge in [-0.25, -0.2) is 9.13 Å². The number of hydrogen-bond donors (Lipinski definition) is 3. The van der Waals surface area contributed by atoms with Crippen LogP contribution in [0.1, 0.15) is 311 Å². The highest BCUT2D eigenvalue weighted by atomic mass is 31.2. The van der Waals surface area contributed by atoms with E-state index in [0.717, 1.165) is 121 Å². The number of hydrogen-bond acceptors (Lipinski definition) is 15.